The largest absolute Gasteiger partial charge is 0.496 e. The Morgan fingerprint density at radius 1 is 1.33 bits per heavy atom. The van der Waals surface area contributed by atoms with E-state index in [4.69, 9.17) is 4.74 Å². The number of hydrogen-bond donors (Lipinski definition) is 2. The Morgan fingerprint density at radius 2 is 2.08 bits per heavy atom. The molecule has 1 aliphatic carbocycles. The fourth-order valence-corrected chi connectivity index (χ4v) is 4.45. The number of benzene rings is 1. The summed E-state index contributed by atoms with van der Waals surface area (Å²) < 4.78 is 5.60. The van der Waals surface area contributed by atoms with Crippen LogP contribution in [0, 0.1) is 5.92 Å². The van der Waals surface area contributed by atoms with Crippen molar-refractivity contribution in [3.63, 3.8) is 0 Å². The number of hydrogen-bond acceptors (Lipinski definition) is 3. The summed E-state index contributed by atoms with van der Waals surface area (Å²) in [5.41, 5.74) is 1.28. The van der Waals surface area contributed by atoms with E-state index in [2.05, 4.69) is 29.7 Å². The number of para-hydroxylation sites is 1. The van der Waals surface area contributed by atoms with E-state index in [9.17, 15) is 4.79 Å². The molecule has 24 heavy (non-hydrogen) atoms. The van der Waals surface area contributed by atoms with E-state index in [1.165, 1.54) is 18.4 Å². The Kier molecular flexibility index (Phi) is 5.44. The summed E-state index contributed by atoms with van der Waals surface area (Å²) in [7, 11) is 1.73. The van der Waals surface area contributed by atoms with Crippen molar-refractivity contribution in [1.82, 2.24) is 10.6 Å². The predicted octanol–water partition coefficient (Wildman–Crippen LogP) is 3.01. The van der Waals surface area contributed by atoms with Gasteiger partial charge in [0.05, 0.1) is 7.11 Å². The molecule has 2 atom stereocenters. The zero-order valence-electron chi connectivity index (χ0n) is 14.9. The van der Waals surface area contributed by atoms with Crippen LogP contribution in [0.1, 0.15) is 51.0 Å². The summed E-state index contributed by atoms with van der Waals surface area (Å²) in [5, 5.41) is 6.70. The van der Waals surface area contributed by atoms with Crippen molar-refractivity contribution in [2.75, 3.05) is 20.2 Å². The zero-order valence-corrected chi connectivity index (χ0v) is 14.9. The molecular formula is C20H30N2O2. The minimum absolute atomic E-state index is 0.0286. The minimum Gasteiger partial charge on any atom is -0.496 e. The van der Waals surface area contributed by atoms with E-state index < -0.39 is 0 Å². The van der Waals surface area contributed by atoms with Crippen molar-refractivity contribution in [3.8, 4) is 5.75 Å². The van der Waals surface area contributed by atoms with Gasteiger partial charge in [0, 0.05) is 29.5 Å². The molecule has 132 valence electrons. The normalized spacial score (nSPS) is 26.1. The molecule has 0 spiro atoms. The second-order valence-electron chi connectivity index (χ2n) is 7.48. The lowest BCUT2D eigenvalue weighted by Gasteiger charge is -2.33. The lowest BCUT2D eigenvalue weighted by Crippen LogP contribution is -2.46. The molecule has 1 saturated carbocycles. The number of carbonyl (C=O) groups is 1. The lowest BCUT2D eigenvalue weighted by atomic mass is 9.78. The van der Waals surface area contributed by atoms with Crippen LogP contribution in [0.5, 0.6) is 5.75 Å². The van der Waals surface area contributed by atoms with Crippen LogP contribution in [0.4, 0.5) is 0 Å². The quantitative estimate of drug-likeness (QED) is 0.872. The van der Waals surface area contributed by atoms with Crippen LogP contribution < -0.4 is 15.4 Å². The van der Waals surface area contributed by atoms with Gasteiger partial charge in [-0.05, 0) is 45.2 Å². The number of piperidine rings is 1. The topological polar surface area (TPSA) is 50.4 Å². The van der Waals surface area contributed by atoms with E-state index >= 15 is 0 Å². The molecule has 4 heteroatoms. The predicted molar refractivity (Wildman–Crippen MR) is 96.3 cm³/mol. The average Bonchev–Trinajstić information content (AvgIpc) is 3.09. The third-order valence-corrected chi connectivity index (χ3v) is 5.83. The first-order valence-electron chi connectivity index (χ1n) is 9.29. The molecule has 0 radical (unpaired) electrons. The van der Waals surface area contributed by atoms with Crippen molar-refractivity contribution >= 4 is 5.91 Å². The smallest absolute Gasteiger partial charge is 0.223 e. The first-order valence-corrected chi connectivity index (χ1v) is 9.29. The van der Waals surface area contributed by atoms with Crippen molar-refractivity contribution in [2.24, 2.45) is 5.92 Å². The molecule has 2 fully saturated rings. The molecule has 1 saturated heterocycles. The van der Waals surface area contributed by atoms with Gasteiger partial charge in [-0.3, -0.25) is 4.79 Å². The van der Waals surface area contributed by atoms with E-state index in [1.807, 2.05) is 12.1 Å². The highest BCUT2D eigenvalue weighted by Crippen LogP contribution is 2.44. The van der Waals surface area contributed by atoms with Crippen LogP contribution in [0.25, 0.3) is 0 Å². The van der Waals surface area contributed by atoms with Crippen molar-refractivity contribution in [3.05, 3.63) is 29.8 Å². The molecule has 0 unspecified atom stereocenters. The number of rotatable bonds is 5. The lowest BCUT2D eigenvalue weighted by molar-refractivity contribution is -0.126. The van der Waals surface area contributed by atoms with Crippen LogP contribution in [-0.4, -0.2) is 32.1 Å². The number of nitrogens with one attached hydrogen (secondary N) is 2. The third kappa shape index (κ3) is 3.59. The highest BCUT2D eigenvalue weighted by Gasteiger charge is 2.38. The number of carbonyl (C=O) groups excluding carboxylic acids is 1. The molecule has 2 aliphatic rings. The van der Waals surface area contributed by atoms with Gasteiger partial charge in [0.2, 0.25) is 5.91 Å². The second kappa shape index (κ2) is 7.56. The average molecular weight is 330 g/mol. The first kappa shape index (κ1) is 17.3. The highest BCUT2D eigenvalue weighted by atomic mass is 16.5. The Labute approximate surface area is 145 Å². The molecule has 1 aliphatic heterocycles. The van der Waals surface area contributed by atoms with Gasteiger partial charge in [-0.1, -0.05) is 31.0 Å². The summed E-state index contributed by atoms with van der Waals surface area (Å²) in [6, 6.07) is 8.73. The SMILES string of the molecule is COc1ccccc1C1(CNC(=O)[C@H]2CCN[C@@H](C)C2)CCCC1. The van der Waals surface area contributed by atoms with Crippen LogP contribution in [-0.2, 0) is 10.2 Å². The van der Waals surface area contributed by atoms with Gasteiger partial charge in [0.1, 0.15) is 5.75 Å². The molecular weight excluding hydrogens is 300 g/mol. The molecule has 0 bridgehead atoms. The molecule has 0 aromatic heterocycles. The van der Waals surface area contributed by atoms with Gasteiger partial charge in [0.25, 0.3) is 0 Å². The Bertz CT molecular complexity index is 567. The molecule has 2 N–H and O–H groups in total. The molecule has 4 nitrogen and oxygen atoms in total. The minimum atomic E-state index is 0.0286. The Morgan fingerprint density at radius 3 is 2.79 bits per heavy atom. The fraction of sp³-hybridized carbons (Fsp3) is 0.650. The van der Waals surface area contributed by atoms with Crippen LogP contribution in [0.2, 0.25) is 0 Å². The molecule has 1 amide bonds. The number of amides is 1. The maximum Gasteiger partial charge on any atom is 0.223 e. The highest BCUT2D eigenvalue weighted by molar-refractivity contribution is 5.79. The monoisotopic (exact) mass is 330 g/mol. The van der Waals surface area contributed by atoms with Crippen molar-refractivity contribution in [2.45, 2.75) is 56.9 Å². The summed E-state index contributed by atoms with van der Waals surface area (Å²) in [5.74, 6) is 1.33. The second-order valence-corrected chi connectivity index (χ2v) is 7.48. The number of ether oxygens (including phenoxy) is 1. The fourth-order valence-electron chi connectivity index (χ4n) is 4.45. The van der Waals surface area contributed by atoms with Crippen molar-refractivity contribution < 1.29 is 9.53 Å². The zero-order chi connectivity index (χ0) is 17.0. The van der Waals surface area contributed by atoms with Gasteiger partial charge in [0.15, 0.2) is 0 Å². The molecule has 1 heterocycles. The Hall–Kier alpha value is -1.55. The van der Waals surface area contributed by atoms with E-state index in [0.29, 0.717) is 6.04 Å². The maximum atomic E-state index is 12.7. The number of methoxy groups -OCH3 is 1. The summed E-state index contributed by atoms with van der Waals surface area (Å²) in [6.07, 6.45) is 6.56. The molecule has 3 rings (SSSR count). The molecule has 1 aromatic rings. The summed E-state index contributed by atoms with van der Waals surface area (Å²) in [6.45, 7) is 3.83. The van der Waals surface area contributed by atoms with Gasteiger partial charge in [-0.2, -0.15) is 0 Å². The van der Waals surface area contributed by atoms with Gasteiger partial charge >= 0.3 is 0 Å². The Balaban J connectivity index is 1.71. The standard InChI is InChI=1S/C20H30N2O2/c1-15-13-16(9-12-21-15)19(23)22-14-20(10-5-6-11-20)17-7-3-4-8-18(17)24-2/h3-4,7-8,15-16,21H,5-6,9-14H2,1-2H3,(H,22,23)/t15-,16-/m0/s1. The van der Waals surface area contributed by atoms with Gasteiger partial charge < -0.3 is 15.4 Å². The third-order valence-electron chi connectivity index (χ3n) is 5.83. The van der Waals surface area contributed by atoms with E-state index in [1.54, 1.807) is 7.11 Å². The molecule has 1 aromatic carbocycles. The van der Waals surface area contributed by atoms with E-state index in [0.717, 1.165) is 44.5 Å². The van der Waals surface area contributed by atoms with Gasteiger partial charge in [-0.25, -0.2) is 0 Å². The maximum absolute atomic E-state index is 12.7. The summed E-state index contributed by atoms with van der Waals surface area (Å²) in [4.78, 5) is 12.7. The van der Waals surface area contributed by atoms with Crippen LogP contribution in [0.3, 0.4) is 0 Å². The van der Waals surface area contributed by atoms with Crippen LogP contribution in [0.15, 0.2) is 24.3 Å². The van der Waals surface area contributed by atoms with E-state index in [-0.39, 0.29) is 17.2 Å². The summed E-state index contributed by atoms with van der Waals surface area (Å²) >= 11 is 0. The van der Waals surface area contributed by atoms with Gasteiger partial charge in [-0.15, -0.1) is 0 Å². The first-order chi connectivity index (χ1) is 11.6. The van der Waals surface area contributed by atoms with Crippen molar-refractivity contribution in [1.29, 1.82) is 0 Å². The van der Waals surface area contributed by atoms with Crippen LogP contribution >= 0.6 is 0 Å².